The molecule has 1 aliphatic heterocycles. The number of fused-ring (bicyclic) bond motifs is 1. The Kier molecular flexibility index (Phi) is 5.95. The highest BCUT2D eigenvalue weighted by molar-refractivity contribution is 7.89. The summed E-state index contributed by atoms with van der Waals surface area (Å²) in [5.41, 5.74) is 5.41. The third-order valence-corrected chi connectivity index (χ3v) is 8.23. The molecule has 30 heavy (non-hydrogen) atoms. The van der Waals surface area contributed by atoms with Crippen molar-refractivity contribution in [2.45, 2.75) is 38.0 Å². The van der Waals surface area contributed by atoms with Crippen LogP contribution in [0.4, 0.5) is 5.69 Å². The fourth-order valence-corrected chi connectivity index (χ4v) is 6.18. The van der Waals surface area contributed by atoms with Crippen LogP contribution in [0, 0.1) is 13.8 Å². The number of carbonyl (C=O) groups excluding carboxylic acids is 1. The quantitative estimate of drug-likeness (QED) is 0.755. The van der Waals surface area contributed by atoms with Crippen LogP contribution in [0.1, 0.15) is 28.7 Å². The monoisotopic (exact) mass is 428 g/mol. The molecule has 1 aliphatic carbocycles. The summed E-state index contributed by atoms with van der Waals surface area (Å²) >= 11 is 0. The molecule has 7 heteroatoms. The molecule has 0 bridgehead atoms. The van der Waals surface area contributed by atoms with E-state index in [0.717, 1.165) is 34.6 Å². The zero-order valence-electron chi connectivity index (χ0n) is 17.7. The highest BCUT2D eigenvalue weighted by Crippen LogP contribution is 2.25. The second-order valence-corrected chi connectivity index (χ2v) is 10.4. The van der Waals surface area contributed by atoms with Crippen LogP contribution in [0.5, 0.6) is 0 Å². The number of aryl methyl sites for hydroxylation is 4. The van der Waals surface area contributed by atoms with Crippen LogP contribution in [-0.2, 0) is 27.7 Å². The van der Waals surface area contributed by atoms with Gasteiger partial charge in [-0.3, -0.25) is 4.79 Å². The fourth-order valence-electron chi connectivity index (χ4n) is 4.53. The van der Waals surface area contributed by atoms with E-state index in [-0.39, 0.29) is 5.91 Å². The molecule has 4 rings (SSSR count). The van der Waals surface area contributed by atoms with Crippen molar-refractivity contribution in [1.82, 2.24) is 4.31 Å². The number of rotatable bonds is 5. The molecule has 6 nitrogen and oxygen atoms in total. The fraction of sp³-hybridized carbons (Fsp3) is 0.435. The normalized spacial score (nSPS) is 17.7. The van der Waals surface area contributed by atoms with E-state index in [9.17, 15) is 13.2 Å². The van der Waals surface area contributed by atoms with E-state index < -0.39 is 10.0 Å². The Bertz CT molecular complexity index is 1060. The number of carbonyl (C=O) groups is 1. The number of hydrogen-bond acceptors (Lipinski definition) is 3. The molecule has 1 heterocycles. The minimum atomic E-state index is -3.50. The summed E-state index contributed by atoms with van der Waals surface area (Å²) in [6.07, 6.45) is 3.40. The highest BCUT2D eigenvalue weighted by atomic mass is 32.2. The lowest BCUT2D eigenvalue weighted by Gasteiger charge is -2.31. The van der Waals surface area contributed by atoms with Crippen molar-refractivity contribution in [2.24, 2.45) is 0 Å². The van der Waals surface area contributed by atoms with Crippen molar-refractivity contribution < 1.29 is 18.1 Å². The molecule has 0 saturated carbocycles. The van der Waals surface area contributed by atoms with Gasteiger partial charge in [0.2, 0.25) is 10.0 Å². The van der Waals surface area contributed by atoms with Gasteiger partial charge < -0.3 is 10.2 Å². The Morgan fingerprint density at radius 3 is 2.50 bits per heavy atom. The van der Waals surface area contributed by atoms with E-state index in [1.165, 1.54) is 17.5 Å². The maximum Gasteiger partial charge on any atom is 0.279 e. The first-order chi connectivity index (χ1) is 14.3. The molecule has 2 N–H and O–H groups in total. The number of nitrogens with one attached hydrogen (secondary N) is 2. The Labute approximate surface area is 178 Å². The molecule has 1 saturated heterocycles. The van der Waals surface area contributed by atoms with Crippen LogP contribution in [0.15, 0.2) is 41.3 Å². The van der Waals surface area contributed by atoms with Gasteiger partial charge in [-0.05, 0) is 68.0 Å². The summed E-state index contributed by atoms with van der Waals surface area (Å²) in [6.45, 7) is 6.26. The third-order valence-electron chi connectivity index (χ3n) is 6.17. The molecule has 0 radical (unpaired) electrons. The molecule has 0 unspecified atom stereocenters. The van der Waals surface area contributed by atoms with Gasteiger partial charge >= 0.3 is 0 Å². The Morgan fingerprint density at radius 1 is 1.03 bits per heavy atom. The molecule has 0 aromatic heterocycles. The van der Waals surface area contributed by atoms with E-state index in [4.69, 9.17) is 0 Å². The van der Waals surface area contributed by atoms with Crippen LogP contribution in [0.2, 0.25) is 0 Å². The molecule has 0 atom stereocenters. The first-order valence-electron chi connectivity index (χ1n) is 10.7. The molecule has 1 amide bonds. The van der Waals surface area contributed by atoms with Crippen molar-refractivity contribution in [3.05, 3.63) is 58.7 Å². The van der Waals surface area contributed by atoms with Crippen LogP contribution >= 0.6 is 0 Å². The van der Waals surface area contributed by atoms with Gasteiger partial charge in [-0.2, -0.15) is 4.31 Å². The molecule has 160 valence electrons. The lowest BCUT2D eigenvalue weighted by Crippen LogP contribution is -3.15. The average Bonchev–Trinajstić information content (AvgIpc) is 3.16. The summed E-state index contributed by atoms with van der Waals surface area (Å²) in [4.78, 5) is 14.0. The Balaban J connectivity index is 1.32. The van der Waals surface area contributed by atoms with Gasteiger partial charge in [-0.25, -0.2) is 8.42 Å². The van der Waals surface area contributed by atoms with E-state index in [1.54, 1.807) is 10.4 Å². The summed E-state index contributed by atoms with van der Waals surface area (Å²) < 4.78 is 27.6. The van der Waals surface area contributed by atoms with E-state index in [0.29, 0.717) is 37.6 Å². The van der Waals surface area contributed by atoms with Gasteiger partial charge in [0, 0.05) is 5.69 Å². The van der Waals surface area contributed by atoms with Crippen LogP contribution in [0.25, 0.3) is 0 Å². The van der Waals surface area contributed by atoms with E-state index >= 15 is 0 Å². The number of nitrogens with zero attached hydrogens (tertiary/aromatic N) is 1. The van der Waals surface area contributed by atoms with Crippen LogP contribution < -0.4 is 10.2 Å². The molecular weight excluding hydrogens is 398 g/mol. The average molecular weight is 429 g/mol. The summed E-state index contributed by atoms with van der Waals surface area (Å²) in [7, 11) is -3.50. The van der Waals surface area contributed by atoms with Gasteiger partial charge in [0.1, 0.15) is 0 Å². The Hall–Kier alpha value is -2.22. The zero-order chi connectivity index (χ0) is 21.3. The second kappa shape index (κ2) is 8.49. The molecule has 1 fully saturated rings. The molecule has 2 aromatic carbocycles. The summed E-state index contributed by atoms with van der Waals surface area (Å²) in [5, 5.41) is 3.01. The van der Waals surface area contributed by atoms with Gasteiger partial charge in [-0.1, -0.05) is 23.8 Å². The lowest BCUT2D eigenvalue weighted by molar-refractivity contribution is -0.895. The van der Waals surface area contributed by atoms with Crippen LogP contribution in [-0.4, -0.2) is 51.4 Å². The topological polar surface area (TPSA) is 70.9 Å². The van der Waals surface area contributed by atoms with Crippen molar-refractivity contribution in [3.63, 3.8) is 0 Å². The number of piperazine rings is 1. The third kappa shape index (κ3) is 4.43. The first kappa shape index (κ1) is 21.0. The van der Waals surface area contributed by atoms with Crippen molar-refractivity contribution in [3.8, 4) is 0 Å². The number of anilines is 1. The molecule has 2 aromatic rings. The first-order valence-corrected chi connectivity index (χ1v) is 12.1. The summed E-state index contributed by atoms with van der Waals surface area (Å²) in [6, 6.07) is 11.6. The van der Waals surface area contributed by atoms with Gasteiger partial charge in [0.25, 0.3) is 5.91 Å². The van der Waals surface area contributed by atoms with E-state index in [1.807, 2.05) is 32.0 Å². The predicted octanol–water partition coefficient (Wildman–Crippen LogP) is 1.32. The second-order valence-electron chi connectivity index (χ2n) is 8.49. The number of amides is 1. The predicted molar refractivity (Wildman–Crippen MR) is 117 cm³/mol. The smallest absolute Gasteiger partial charge is 0.279 e. The number of hydrogen-bond donors (Lipinski definition) is 2. The maximum atomic E-state index is 13.0. The largest absolute Gasteiger partial charge is 0.325 e. The van der Waals surface area contributed by atoms with Gasteiger partial charge in [0.15, 0.2) is 6.54 Å². The minimum Gasteiger partial charge on any atom is -0.325 e. The number of quaternary nitrogens is 1. The SMILES string of the molecule is Cc1ccc(S(=O)(=O)N2CC[NH+](CC(=O)Nc3ccc4c(c3)CCC4)CC2)c(C)c1. The maximum absolute atomic E-state index is 13.0. The van der Waals surface area contributed by atoms with Crippen molar-refractivity contribution in [2.75, 3.05) is 38.0 Å². The summed E-state index contributed by atoms with van der Waals surface area (Å²) in [5.74, 6) is -0.0198. The van der Waals surface area contributed by atoms with Crippen molar-refractivity contribution in [1.29, 1.82) is 0 Å². The molecule has 0 spiro atoms. The molecular formula is C23H30N3O3S+. The standard InChI is InChI=1S/C23H29N3O3S/c1-17-6-9-22(18(2)14-17)30(28,29)26-12-10-25(11-13-26)16-23(27)24-21-8-7-19-4-3-5-20(19)15-21/h6-9,14-15H,3-5,10-13,16H2,1-2H3,(H,24,27)/p+1. The minimum absolute atomic E-state index is 0.0198. The zero-order valence-corrected chi connectivity index (χ0v) is 18.5. The van der Waals surface area contributed by atoms with Gasteiger partial charge in [-0.15, -0.1) is 0 Å². The Morgan fingerprint density at radius 2 is 1.77 bits per heavy atom. The number of sulfonamides is 1. The van der Waals surface area contributed by atoms with Crippen molar-refractivity contribution >= 4 is 21.6 Å². The van der Waals surface area contributed by atoms with Crippen LogP contribution in [0.3, 0.4) is 0 Å². The van der Waals surface area contributed by atoms with E-state index in [2.05, 4.69) is 17.4 Å². The molecule has 2 aliphatic rings. The lowest BCUT2D eigenvalue weighted by atomic mass is 10.1. The van der Waals surface area contributed by atoms with Gasteiger partial charge in [0.05, 0.1) is 31.1 Å². The highest BCUT2D eigenvalue weighted by Gasteiger charge is 2.32. The number of benzene rings is 2.